The largest absolute Gasteiger partial charge is 0.434 e. The fourth-order valence-corrected chi connectivity index (χ4v) is 3.04. The molecule has 28 heavy (non-hydrogen) atoms. The number of piperazine rings is 1. The highest BCUT2D eigenvalue weighted by Crippen LogP contribution is 2.24. The molecule has 1 aliphatic heterocycles. The Morgan fingerprint density at radius 2 is 1.79 bits per heavy atom. The number of carbonyl (C=O) groups is 1. The number of hydrogen-bond acceptors (Lipinski definition) is 5. The summed E-state index contributed by atoms with van der Waals surface area (Å²) < 4.78 is 29.7. The van der Waals surface area contributed by atoms with E-state index < -0.39 is 6.61 Å². The molecular formula is C20H24F2N4O2. The van der Waals surface area contributed by atoms with E-state index in [-0.39, 0.29) is 22.6 Å². The number of para-hydroxylation sites is 1. The number of amides is 1. The molecule has 0 saturated carbocycles. The van der Waals surface area contributed by atoms with E-state index >= 15 is 0 Å². The normalized spacial score (nSPS) is 15.1. The van der Waals surface area contributed by atoms with Crippen LogP contribution in [0.2, 0.25) is 0 Å². The topological polar surface area (TPSA) is 58.6 Å². The van der Waals surface area contributed by atoms with Gasteiger partial charge in [0.2, 0.25) is 0 Å². The summed E-state index contributed by atoms with van der Waals surface area (Å²) in [5, 5.41) is 0. The number of aromatic nitrogens is 2. The lowest BCUT2D eigenvalue weighted by Crippen LogP contribution is -2.49. The van der Waals surface area contributed by atoms with Gasteiger partial charge in [-0.3, -0.25) is 4.79 Å². The Bertz CT molecular complexity index is 831. The molecule has 1 aliphatic rings. The smallest absolute Gasteiger partial charge is 0.387 e. The monoisotopic (exact) mass is 390 g/mol. The van der Waals surface area contributed by atoms with Gasteiger partial charge in [0.05, 0.1) is 5.56 Å². The van der Waals surface area contributed by atoms with Gasteiger partial charge in [-0.25, -0.2) is 9.97 Å². The number of nitrogens with zero attached hydrogens (tertiary/aromatic N) is 4. The summed E-state index contributed by atoms with van der Waals surface area (Å²) in [5.74, 6) is 1.18. The fraction of sp³-hybridized carbons (Fsp3) is 0.450. The van der Waals surface area contributed by atoms with Crippen LogP contribution in [0.4, 0.5) is 14.6 Å². The lowest BCUT2D eigenvalue weighted by Gasteiger charge is -2.36. The highest BCUT2D eigenvalue weighted by atomic mass is 19.3. The zero-order valence-corrected chi connectivity index (χ0v) is 16.2. The lowest BCUT2D eigenvalue weighted by atomic mass is 9.96. The van der Waals surface area contributed by atoms with Crippen molar-refractivity contribution in [3.8, 4) is 5.75 Å². The molecule has 0 aliphatic carbocycles. The molecule has 1 saturated heterocycles. The van der Waals surface area contributed by atoms with Gasteiger partial charge in [0.15, 0.2) is 0 Å². The van der Waals surface area contributed by atoms with Gasteiger partial charge in [-0.1, -0.05) is 32.9 Å². The van der Waals surface area contributed by atoms with Gasteiger partial charge in [0, 0.05) is 37.8 Å². The van der Waals surface area contributed by atoms with E-state index in [4.69, 9.17) is 0 Å². The quantitative estimate of drug-likeness (QED) is 0.801. The van der Waals surface area contributed by atoms with E-state index in [9.17, 15) is 13.6 Å². The molecule has 8 heteroatoms. The minimum atomic E-state index is -2.97. The maximum absolute atomic E-state index is 12.8. The molecule has 0 radical (unpaired) electrons. The van der Waals surface area contributed by atoms with Crippen molar-refractivity contribution in [2.45, 2.75) is 32.8 Å². The molecule has 6 nitrogen and oxygen atoms in total. The van der Waals surface area contributed by atoms with Crippen molar-refractivity contribution in [1.82, 2.24) is 14.9 Å². The number of benzene rings is 1. The van der Waals surface area contributed by atoms with Crippen molar-refractivity contribution >= 4 is 11.7 Å². The molecule has 3 rings (SSSR count). The highest BCUT2D eigenvalue weighted by molar-refractivity contribution is 5.97. The minimum absolute atomic E-state index is 0.101. The fourth-order valence-electron chi connectivity index (χ4n) is 3.04. The Morgan fingerprint density at radius 1 is 1.11 bits per heavy atom. The predicted molar refractivity (Wildman–Crippen MR) is 102 cm³/mol. The van der Waals surface area contributed by atoms with Gasteiger partial charge in [0.1, 0.15) is 17.4 Å². The van der Waals surface area contributed by atoms with Crippen LogP contribution in [-0.2, 0) is 5.41 Å². The van der Waals surface area contributed by atoms with Crippen molar-refractivity contribution < 1.29 is 18.3 Å². The number of anilines is 1. The zero-order valence-electron chi connectivity index (χ0n) is 16.2. The average molecular weight is 390 g/mol. The Kier molecular flexibility index (Phi) is 5.76. The molecule has 0 unspecified atom stereocenters. The third kappa shape index (κ3) is 4.55. The van der Waals surface area contributed by atoms with Crippen LogP contribution in [0.1, 0.15) is 37.0 Å². The minimum Gasteiger partial charge on any atom is -0.434 e. The van der Waals surface area contributed by atoms with Crippen LogP contribution in [0.5, 0.6) is 5.75 Å². The summed E-state index contributed by atoms with van der Waals surface area (Å²) in [4.78, 5) is 25.5. The Hall–Kier alpha value is -2.77. The maximum Gasteiger partial charge on any atom is 0.387 e. The molecule has 150 valence electrons. The van der Waals surface area contributed by atoms with Gasteiger partial charge >= 0.3 is 6.61 Å². The summed E-state index contributed by atoms with van der Waals surface area (Å²) in [6.45, 7) is 5.34. The third-order valence-electron chi connectivity index (χ3n) is 4.54. The van der Waals surface area contributed by atoms with E-state index in [0.29, 0.717) is 26.2 Å². The number of rotatable bonds is 4. The standard InChI is InChI=1S/C20H24F2N4O2/c1-20(2,3)18-23-9-8-16(24-18)25-10-12-26(13-11-25)17(27)14-6-4-5-7-15(14)28-19(21)22/h4-9,19H,10-13H2,1-3H3. The van der Waals surface area contributed by atoms with Crippen molar-refractivity contribution in [3.05, 3.63) is 47.9 Å². The zero-order chi connectivity index (χ0) is 20.3. The molecule has 2 aromatic rings. The summed E-state index contributed by atoms with van der Waals surface area (Å²) in [5.41, 5.74) is -0.00401. The van der Waals surface area contributed by atoms with Crippen molar-refractivity contribution in [2.75, 3.05) is 31.1 Å². The van der Waals surface area contributed by atoms with Crippen LogP contribution in [0.25, 0.3) is 0 Å². The van der Waals surface area contributed by atoms with Gasteiger partial charge in [-0.05, 0) is 18.2 Å². The number of ether oxygens (including phenoxy) is 1. The third-order valence-corrected chi connectivity index (χ3v) is 4.54. The SMILES string of the molecule is CC(C)(C)c1nccc(N2CCN(C(=O)c3ccccc3OC(F)F)CC2)n1. The Morgan fingerprint density at radius 3 is 2.43 bits per heavy atom. The van der Waals surface area contributed by atoms with Crippen molar-refractivity contribution in [2.24, 2.45) is 0 Å². The number of hydrogen-bond donors (Lipinski definition) is 0. The van der Waals surface area contributed by atoms with E-state index in [1.807, 2.05) is 6.07 Å². The molecule has 2 heterocycles. The molecule has 0 spiro atoms. The molecule has 1 aromatic heterocycles. The van der Waals surface area contributed by atoms with Gasteiger partial charge in [0.25, 0.3) is 5.91 Å². The first-order chi connectivity index (χ1) is 13.3. The summed E-state index contributed by atoms with van der Waals surface area (Å²) >= 11 is 0. The van der Waals surface area contributed by atoms with E-state index in [1.54, 1.807) is 23.2 Å². The first kappa shape index (κ1) is 20.0. The molecule has 0 bridgehead atoms. The first-order valence-electron chi connectivity index (χ1n) is 9.17. The summed E-state index contributed by atoms with van der Waals surface area (Å²) in [6, 6.07) is 7.95. The molecule has 0 atom stereocenters. The molecule has 1 amide bonds. The first-order valence-corrected chi connectivity index (χ1v) is 9.17. The molecule has 1 aromatic carbocycles. The number of carbonyl (C=O) groups excluding carboxylic acids is 1. The number of halogens is 2. The van der Waals surface area contributed by atoms with Gasteiger partial charge in [-0.15, -0.1) is 0 Å². The van der Waals surface area contributed by atoms with E-state index in [2.05, 4.69) is 40.4 Å². The van der Waals surface area contributed by atoms with E-state index in [1.165, 1.54) is 12.1 Å². The average Bonchev–Trinajstić information content (AvgIpc) is 2.67. The van der Waals surface area contributed by atoms with Crippen LogP contribution in [0, 0.1) is 0 Å². The second kappa shape index (κ2) is 8.08. The lowest BCUT2D eigenvalue weighted by molar-refractivity contribution is -0.0502. The summed E-state index contributed by atoms with van der Waals surface area (Å²) in [7, 11) is 0. The Labute approximate surface area is 163 Å². The van der Waals surface area contributed by atoms with Gasteiger partial charge in [-0.2, -0.15) is 8.78 Å². The van der Waals surface area contributed by atoms with Crippen LogP contribution in [-0.4, -0.2) is 53.6 Å². The second-order valence-electron chi connectivity index (χ2n) is 7.64. The molecular weight excluding hydrogens is 366 g/mol. The van der Waals surface area contributed by atoms with Crippen molar-refractivity contribution in [3.63, 3.8) is 0 Å². The second-order valence-corrected chi connectivity index (χ2v) is 7.64. The maximum atomic E-state index is 12.8. The molecule has 0 N–H and O–H groups in total. The predicted octanol–water partition coefficient (Wildman–Crippen LogP) is 3.34. The Balaban J connectivity index is 1.69. The van der Waals surface area contributed by atoms with Crippen LogP contribution in [0.3, 0.4) is 0 Å². The number of alkyl halides is 2. The van der Waals surface area contributed by atoms with Gasteiger partial charge < -0.3 is 14.5 Å². The van der Waals surface area contributed by atoms with Crippen LogP contribution < -0.4 is 9.64 Å². The van der Waals surface area contributed by atoms with Crippen molar-refractivity contribution in [1.29, 1.82) is 0 Å². The van der Waals surface area contributed by atoms with E-state index in [0.717, 1.165) is 11.6 Å². The van der Waals surface area contributed by atoms with Crippen LogP contribution >= 0.6 is 0 Å². The highest BCUT2D eigenvalue weighted by Gasteiger charge is 2.26. The molecule has 1 fully saturated rings. The van der Waals surface area contributed by atoms with Crippen LogP contribution in [0.15, 0.2) is 36.5 Å². The summed E-state index contributed by atoms with van der Waals surface area (Å²) in [6.07, 6.45) is 1.75.